The van der Waals surface area contributed by atoms with Crippen molar-refractivity contribution in [2.24, 2.45) is 0 Å². The molecule has 3 rings (SSSR count). The molecule has 1 fully saturated rings. The third kappa shape index (κ3) is 4.63. The van der Waals surface area contributed by atoms with Crippen molar-refractivity contribution in [1.82, 2.24) is 10.6 Å². The lowest BCUT2D eigenvalue weighted by Gasteiger charge is -2.19. The molecule has 0 bridgehead atoms. The van der Waals surface area contributed by atoms with E-state index in [2.05, 4.69) is 10.6 Å². The van der Waals surface area contributed by atoms with E-state index in [9.17, 15) is 14.4 Å². The zero-order chi connectivity index (χ0) is 19.2. The van der Waals surface area contributed by atoms with E-state index in [1.54, 1.807) is 29.2 Å². The molecule has 1 atom stereocenters. The predicted molar refractivity (Wildman–Crippen MR) is 101 cm³/mol. The lowest BCUT2D eigenvalue weighted by molar-refractivity contribution is -0.137. The van der Waals surface area contributed by atoms with Crippen molar-refractivity contribution in [3.63, 3.8) is 0 Å². The standard InChI is InChI=1S/C20H21N3O4/c24-18(25)11-10-17(14-4-2-1-3-5-14)22-19(26)15-6-8-16(9-7-15)23-13-12-21-20(23)27/h1-9,17H,10-13H2,(H,21,27)(H,22,26)(H,24,25). The summed E-state index contributed by atoms with van der Waals surface area (Å²) in [6.07, 6.45) is 0.264. The smallest absolute Gasteiger partial charge is 0.321 e. The van der Waals surface area contributed by atoms with E-state index in [4.69, 9.17) is 5.11 Å². The second-order valence-corrected chi connectivity index (χ2v) is 6.30. The van der Waals surface area contributed by atoms with Crippen molar-refractivity contribution in [2.75, 3.05) is 18.0 Å². The fraction of sp³-hybridized carbons (Fsp3) is 0.250. The quantitative estimate of drug-likeness (QED) is 0.700. The van der Waals surface area contributed by atoms with Crippen LogP contribution in [0.25, 0.3) is 0 Å². The van der Waals surface area contributed by atoms with Gasteiger partial charge in [-0.05, 0) is 36.2 Å². The van der Waals surface area contributed by atoms with Gasteiger partial charge in [0, 0.05) is 30.8 Å². The number of aliphatic carboxylic acids is 1. The van der Waals surface area contributed by atoms with Gasteiger partial charge in [-0.15, -0.1) is 0 Å². The number of carboxylic acids is 1. The number of carbonyl (C=O) groups is 3. The first-order chi connectivity index (χ1) is 13.0. The lowest BCUT2D eigenvalue weighted by atomic mass is 10.0. The molecular weight excluding hydrogens is 346 g/mol. The number of hydrogen-bond acceptors (Lipinski definition) is 3. The molecule has 1 saturated heterocycles. The number of nitrogens with one attached hydrogen (secondary N) is 2. The van der Waals surface area contributed by atoms with E-state index in [1.165, 1.54) is 0 Å². The average Bonchev–Trinajstić information content (AvgIpc) is 3.11. The Hall–Kier alpha value is -3.35. The van der Waals surface area contributed by atoms with Crippen LogP contribution in [0.15, 0.2) is 54.6 Å². The van der Waals surface area contributed by atoms with Crippen molar-refractivity contribution < 1.29 is 19.5 Å². The van der Waals surface area contributed by atoms with Gasteiger partial charge in [-0.1, -0.05) is 30.3 Å². The second-order valence-electron chi connectivity index (χ2n) is 6.30. The van der Waals surface area contributed by atoms with Crippen LogP contribution in [0.1, 0.15) is 34.8 Å². The molecule has 3 amide bonds. The highest BCUT2D eigenvalue weighted by Gasteiger charge is 2.22. The van der Waals surface area contributed by atoms with Gasteiger partial charge in [0.15, 0.2) is 0 Å². The number of rotatable bonds is 7. The molecule has 2 aromatic rings. The van der Waals surface area contributed by atoms with Gasteiger partial charge in [0.25, 0.3) is 5.91 Å². The molecule has 0 aromatic heterocycles. The summed E-state index contributed by atoms with van der Waals surface area (Å²) in [6, 6.07) is 15.5. The minimum atomic E-state index is -0.904. The summed E-state index contributed by atoms with van der Waals surface area (Å²) in [5.74, 6) is -1.19. The van der Waals surface area contributed by atoms with Crippen molar-refractivity contribution >= 4 is 23.6 Å². The number of carbonyl (C=O) groups excluding carboxylic acids is 2. The van der Waals surface area contributed by atoms with Crippen LogP contribution in [0.4, 0.5) is 10.5 Å². The van der Waals surface area contributed by atoms with Crippen LogP contribution in [-0.2, 0) is 4.79 Å². The molecule has 2 aromatic carbocycles. The Balaban J connectivity index is 1.71. The van der Waals surface area contributed by atoms with Gasteiger partial charge < -0.3 is 15.7 Å². The summed E-state index contributed by atoms with van der Waals surface area (Å²) in [5.41, 5.74) is 2.04. The molecule has 1 aliphatic rings. The molecule has 0 saturated carbocycles. The molecule has 1 aliphatic heterocycles. The molecule has 7 nitrogen and oxygen atoms in total. The lowest BCUT2D eigenvalue weighted by Crippen LogP contribution is -2.29. The Morgan fingerprint density at radius 3 is 2.41 bits per heavy atom. The zero-order valence-corrected chi connectivity index (χ0v) is 14.7. The minimum Gasteiger partial charge on any atom is -0.481 e. The maximum Gasteiger partial charge on any atom is 0.321 e. The first-order valence-corrected chi connectivity index (χ1v) is 8.77. The highest BCUT2D eigenvalue weighted by Crippen LogP contribution is 2.21. The summed E-state index contributed by atoms with van der Waals surface area (Å²) in [6.45, 7) is 1.19. The van der Waals surface area contributed by atoms with Gasteiger partial charge >= 0.3 is 12.0 Å². The molecule has 0 spiro atoms. The number of hydrogen-bond donors (Lipinski definition) is 3. The van der Waals surface area contributed by atoms with Gasteiger partial charge in [-0.2, -0.15) is 0 Å². The Bertz CT molecular complexity index is 821. The van der Waals surface area contributed by atoms with Crippen molar-refractivity contribution in [2.45, 2.75) is 18.9 Å². The van der Waals surface area contributed by atoms with Crippen LogP contribution in [-0.4, -0.2) is 36.1 Å². The maximum absolute atomic E-state index is 12.6. The first kappa shape index (κ1) is 18.4. The Kier molecular flexibility index (Phi) is 5.71. The number of nitrogens with zero attached hydrogens (tertiary/aromatic N) is 1. The summed E-state index contributed by atoms with van der Waals surface area (Å²) >= 11 is 0. The SMILES string of the molecule is O=C(O)CCC(NC(=O)c1ccc(N2CCNC2=O)cc1)c1ccccc1. The number of anilines is 1. The molecule has 0 radical (unpaired) electrons. The van der Waals surface area contributed by atoms with E-state index >= 15 is 0 Å². The second kappa shape index (κ2) is 8.35. The molecule has 27 heavy (non-hydrogen) atoms. The number of carboxylic acid groups (broad SMARTS) is 1. The van der Waals surface area contributed by atoms with Gasteiger partial charge in [0.1, 0.15) is 0 Å². The molecule has 1 unspecified atom stereocenters. The maximum atomic E-state index is 12.6. The van der Waals surface area contributed by atoms with E-state index in [1.807, 2.05) is 30.3 Å². The van der Waals surface area contributed by atoms with Gasteiger partial charge in [-0.3, -0.25) is 14.5 Å². The molecule has 7 heteroatoms. The Morgan fingerprint density at radius 1 is 1.11 bits per heavy atom. The Morgan fingerprint density at radius 2 is 1.81 bits per heavy atom. The van der Waals surface area contributed by atoms with Gasteiger partial charge in [-0.25, -0.2) is 4.79 Å². The van der Waals surface area contributed by atoms with E-state index < -0.39 is 5.97 Å². The predicted octanol–water partition coefficient (Wildman–Crippen LogP) is 2.55. The summed E-state index contributed by atoms with van der Waals surface area (Å²) in [5, 5.41) is 14.6. The minimum absolute atomic E-state index is 0.0388. The van der Waals surface area contributed by atoms with Crippen LogP contribution in [0.2, 0.25) is 0 Å². The fourth-order valence-electron chi connectivity index (χ4n) is 3.03. The van der Waals surface area contributed by atoms with Crippen molar-refractivity contribution in [1.29, 1.82) is 0 Å². The third-order valence-electron chi connectivity index (χ3n) is 4.45. The van der Waals surface area contributed by atoms with Crippen LogP contribution in [0.5, 0.6) is 0 Å². The fourth-order valence-corrected chi connectivity index (χ4v) is 3.03. The van der Waals surface area contributed by atoms with E-state index in [0.29, 0.717) is 25.1 Å². The molecule has 3 N–H and O–H groups in total. The van der Waals surface area contributed by atoms with Crippen LogP contribution < -0.4 is 15.5 Å². The number of urea groups is 1. The monoisotopic (exact) mass is 367 g/mol. The zero-order valence-electron chi connectivity index (χ0n) is 14.7. The van der Waals surface area contributed by atoms with Crippen LogP contribution >= 0.6 is 0 Å². The Labute approximate surface area is 157 Å². The topological polar surface area (TPSA) is 98.7 Å². The molecule has 140 valence electrons. The highest BCUT2D eigenvalue weighted by molar-refractivity contribution is 5.97. The number of amides is 3. The molecular formula is C20H21N3O4. The van der Waals surface area contributed by atoms with Crippen molar-refractivity contribution in [3.8, 4) is 0 Å². The van der Waals surface area contributed by atoms with Crippen molar-refractivity contribution in [3.05, 3.63) is 65.7 Å². The molecule has 0 aliphatic carbocycles. The van der Waals surface area contributed by atoms with Crippen LogP contribution in [0, 0.1) is 0 Å². The van der Waals surface area contributed by atoms with Gasteiger partial charge in [0.2, 0.25) is 0 Å². The van der Waals surface area contributed by atoms with E-state index in [-0.39, 0.29) is 24.4 Å². The van der Waals surface area contributed by atoms with E-state index in [0.717, 1.165) is 11.3 Å². The summed E-state index contributed by atoms with van der Waals surface area (Å²) in [4.78, 5) is 36.9. The largest absolute Gasteiger partial charge is 0.481 e. The summed E-state index contributed by atoms with van der Waals surface area (Å²) in [7, 11) is 0. The van der Waals surface area contributed by atoms with Gasteiger partial charge in [0.05, 0.1) is 6.04 Å². The normalized spacial score (nSPS) is 14.5. The summed E-state index contributed by atoms with van der Waals surface area (Å²) < 4.78 is 0. The highest BCUT2D eigenvalue weighted by atomic mass is 16.4. The molecule has 1 heterocycles. The number of benzene rings is 2. The van der Waals surface area contributed by atoms with Crippen LogP contribution in [0.3, 0.4) is 0 Å². The third-order valence-corrected chi connectivity index (χ3v) is 4.45. The average molecular weight is 367 g/mol. The first-order valence-electron chi connectivity index (χ1n) is 8.77.